The lowest BCUT2D eigenvalue weighted by atomic mass is 10.2. The molecule has 2 heterocycles. The van der Waals surface area contributed by atoms with E-state index in [1.165, 1.54) is 22.8 Å². The van der Waals surface area contributed by atoms with Gasteiger partial charge in [0.15, 0.2) is 5.96 Å². The summed E-state index contributed by atoms with van der Waals surface area (Å²) in [5.74, 6) is 4.09. The molecule has 0 spiro atoms. The first-order chi connectivity index (χ1) is 12.8. The zero-order valence-electron chi connectivity index (χ0n) is 15.5. The number of nitrogens with zero attached hydrogens (tertiary/aromatic N) is 5. The topological polar surface area (TPSA) is 70.4 Å². The van der Waals surface area contributed by atoms with Crippen LogP contribution in [0.4, 0.5) is 5.69 Å². The fraction of sp³-hybridized carbons (Fsp3) is 0.500. The molecule has 140 valence electrons. The Balaban J connectivity index is 1.57. The lowest BCUT2D eigenvalue weighted by Crippen LogP contribution is -2.37. The largest absolute Gasteiger partial charge is 0.370 e. The van der Waals surface area contributed by atoms with Gasteiger partial charge in [0, 0.05) is 43.9 Å². The quantitative estimate of drug-likeness (QED) is 0.592. The van der Waals surface area contributed by atoms with Crippen molar-refractivity contribution in [1.29, 1.82) is 0 Å². The normalized spacial score (nSPS) is 15.2. The summed E-state index contributed by atoms with van der Waals surface area (Å²) in [5, 5.41) is 10.7. The zero-order valence-corrected chi connectivity index (χ0v) is 16.3. The number of aryl methyl sites for hydroxylation is 1. The molecule has 7 nitrogen and oxygen atoms in total. The molecule has 1 aliphatic rings. The van der Waals surface area contributed by atoms with Gasteiger partial charge in [-0.15, -0.1) is 0 Å². The van der Waals surface area contributed by atoms with E-state index in [9.17, 15) is 0 Å². The third kappa shape index (κ3) is 5.14. The third-order valence-corrected chi connectivity index (χ3v) is 5.24. The maximum absolute atomic E-state index is 4.68. The van der Waals surface area contributed by atoms with E-state index in [0.29, 0.717) is 13.1 Å². The number of nitrogens with one attached hydrogen (secondary N) is 2. The summed E-state index contributed by atoms with van der Waals surface area (Å²) < 4.78 is 1.76. The van der Waals surface area contributed by atoms with Crippen LogP contribution >= 0.6 is 11.8 Å². The first kappa shape index (κ1) is 18.6. The van der Waals surface area contributed by atoms with E-state index >= 15 is 0 Å². The van der Waals surface area contributed by atoms with Crippen LogP contribution in [0.3, 0.4) is 0 Å². The first-order valence-corrected chi connectivity index (χ1v) is 10.2. The molecule has 0 aliphatic carbocycles. The molecule has 1 aliphatic heterocycles. The molecular formula is C18H27N7S. The Morgan fingerprint density at radius 2 is 1.96 bits per heavy atom. The van der Waals surface area contributed by atoms with Crippen LogP contribution in [-0.2, 0) is 20.1 Å². The zero-order chi connectivity index (χ0) is 18.2. The highest BCUT2D eigenvalue weighted by Gasteiger charge is 2.10. The van der Waals surface area contributed by atoms with E-state index in [4.69, 9.17) is 0 Å². The van der Waals surface area contributed by atoms with Crippen LogP contribution in [-0.4, -0.2) is 51.9 Å². The number of rotatable bonds is 6. The van der Waals surface area contributed by atoms with E-state index in [2.05, 4.69) is 61.8 Å². The molecule has 2 aromatic rings. The highest BCUT2D eigenvalue weighted by Crippen LogP contribution is 2.20. The molecule has 0 radical (unpaired) electrons. The Labute approximate surface area is 159 Å². The maximum atomic E-state index is 4.68. The van der Waals surface area contributed by atoms with Gasteiger partial charge in [-0.05, 0) is 24.6 Å². The van der Waals surface area contributed by atoms with Gasteiger partial charge in [0.1, 0.15) is 12.2 Å². The predicted molar refractivity (Wildman–Crippen MR) is 109 cm³/mol. The van der Waals surface area contributed by atoms with E-state index in [1.807, 2.05) is 18.8 Å². The van der Waals surface area contributed by atoms with Gasteiger partial charge in [0.25, 0.3) is 0 Å². The van der Waals surface area contributed by atoms with E-state index < -0.39 is 0 Å². The minimum atomic E-state index is 0.592. The highest BCUT2D eigenvalue weighted by atomic mass is 32.2. The summed E-state index contributed by atoms with van der Waals surface area (Å²) in [4.78, 5) is 11.4. The smallest absolute Gasteiger partial charge is 0.191 e. The van der Waals surface area contributed by atoms with Crippen LogP contribution in [0.2, 0.25) is 0 Å². The molecule has 1 fully saturated rings. The lowest BCUT2D eigenvalue weighted by molar-refractivity contribution is 0.673. The molecule has 26 heavy (non-hydrogen) atoms. The number of anilines is 1. The van der Waals surface area contributed by atoms with Gasteiger partial charge in [-0.3, -0.25) is 4.68 Å². The Bertz CT molecular complexity index is 705. The number of guanidine groups is 1. The van der Waals surface area contributed by atoms with E-state index in [-0.39, 0.29) is 0 Å². The van der Waals surface area contributed by atoms with Gasteiger partial charge in [-0.25, -0.2) is 9.98 Å². The summed E-state index contributed by atoms with van der Waals surface area (Å²) in [6, 6.07) is 8.77. The molecule has 2 N–H and O–H groups in total. The first-order valence-electron chi connectivity index (χ1n) is 9.03. The molecule has 1 saturated heterocycles. The van der Waals surface area contributed by atoms with Crippen LogP contribution < -0.4 is 15.5 Å². The van der Waals surface area contributed by atoms with Crippen molar-refractivity contribution >= 4 is 23.4 Å². The van der Waals surface area contributed by atoms with Crippen LogP contribution in [0, 0.1) is 0 Å². The minimum absolute atomic E-state index is 0.592. The van der Waals surface area contributed by atoms with Gasteiger partial charge in [0.05, 0.1) is 13.1 Å². The summed E-state index contributed by atoms with van der Waals surface area (Å²) >= 11 is 2.03. The number of hydrogen-bond donors (Lipinski definition) is 2. The number of aromatic nitrogens is 3. The van der Waals surface area contributed by atoms with Gasteiger partial charge in [0.2, 0.25) is 0 Å². The SMILES string of the molecule is CCNC(=NCc1ccc(N2CCSCC2)cc1)NCc1ncnn1C. The van der Waals surface area contributed by atoms with Crippen LogP contribution in [0.25, 0.3) is 0 Å². The number of hydrogen-bond acceptors (Lipinski definition) is 5. The van der Waals surface area contributed by atoms with E-state index in [0.717, 1.165) is 31.4 Å². The van der Waals surface area contributed by atoms with Crippen molar-refractivity contribution in [3.63, 3.8) is 0 Å². The fourth-order valence-electron chi connectivity index (χ4n) is 2.79. The van der Waals surface area contributed by atoms with Gasteiger partial charge in [-0.1, -0.05) is 12.1 Å². The standard InChI is InChI=1S/C18H27N7S/c1-3-19-18(21-13-17-22-14-23-24(17)2)20-12-15-4-6-16(7-5-15)25-8-10-26-11-9-25/h4-7,14H,3,8-13H2,1-2H3,(H2,19,20,21). The molecule has 0 bridgehead atoms. The number of aliphatic imine (C=N–C) groups is 1. The molecular weight excluding hydrogens is 346 g/mol. The molecule has 3 rings (SSSR count). The second-order valence-corrected chi connectivity index (χ2v) is 7.34. The van der Waals surface area contributed by atoms with Gasteiger partial charge < -0.3 is 15.5 Å². The van der Waals surface area contributed by atoms with Crippen molar-refractivity contribution in [2.75, 3.05) is 36.0 Å². The van der Waals surface area contributed by atoms with Crippen LogP contribution in [0.1, 0.15) is 18.3 Å². The number of benzene rings is 1. The Morgan fingerprint density at radius 3 is 2.62 bits per heavy atom. The lowest BCUT2D eigenvalue weighted by Gasteiger charge is -2.28. The summed E-state index contributed by atoms with van der Waals surface area (Å²) in [7, 11) is 1.89. The highest BCUT2D eigenvalue weighted by molar-refractivity contribution is 7.99. The van der Waals surface area contributed by atoms with Crippen molar-refractivity contribution in [1.82, 2.24) is 25.4 Å². The average Bonchev–Trinajstić information content (AvgIpc) is 3.10. The van der Waals surface area contributed by atoms with Crippen molar-refractivity contribution < 1.29 is 0 Å². The van der Waals surface area contributed by atoms with Gasteiger partial charge >= 0.3 is 0 Å². The Kier molecular flexibility index (Phi) is 6.76. The van der Waals surface area contributed by atoms with Gasteiger partial charge in [-0.2, -0.15) is 16.9 Å². The molecule has 1 aromatic carbocycles. The van der Waals surface area contributed by atoms with Crippen molar-refractivity contribution in [3.05, 3.63) is 42.0 Å². The molecule has 1 aromatic heterocycles. The van der Waals surface area contributed by atoms with Crippen molar-refractivity contribution in [2.45, 2.75) is 20.0 Å². The second-order valence-electron chi connectivity index (χ2n) is 6.11. The van der Waals surface area contributed by atoms with Crippen LogP contribution in [0.15, 0.2) is 35.6 Å². The Hall–Kier alpha value is -2.22. The van der Waals surface area contributed by atoms with Crippen molar-refractivity contribution in [3.8, 4) is 0 Å². The molecule has 0 amide bonds. The predicted octanol–water partition coefficient (Wildman–Crippen LogP) is 1.62. The van der Waals surface area contributed by atoms with Crippen LogP contribution in [0.5, 0.6) is 0 Å². The summed E-state index contributed by atoms with van der Waals surface area (Å²) in [6.07, 6.45) is 1.56. The number of thioether (sulfide) groups is 1. The Morgan fingerprint density at radius 1 is 1.19 bits per heavy atom. The summed E-state index contributed by atoms with van der Waals surface area (Å²) in [6.45, 7) is 6.39. The minimum Gasteiger partial charge on any atom is -0.370 e. The maximum Gasteiger partial charge on any atom is 0.191 e. The van der Waals surface area contributed by atoms with Crippen molar-refractivity contribution in [2.24, 2.45) is 12.0 Å². The van der Waals surface area contributed by atoms with E-state index in [1.54, 1.807) is 11.0 Å². The monoisotopic (exact) mass is 373 g/mol. The molecule has 0 saturated carbocycles. The summed E-state index contributed by atoms with van der Waals surface area (Å²) in [5.41, 5.74) is 2.52. The second kappa shape index (κ2) is 9.47. The third-order valence-electron chi connectivity index (χ3n) is 4.30. The molecule has 0 unspecified atom stereocenters. The molecule has 8 heteroatoms. The molecule has 0 atom stereocenters. The fourth-order valence-corrected chi connectivity index (χ4v) is 3.69. The average molecular weight is 374 g/mol.